The highest BCUT2D eigenvalue weighted by molar-refractivity contribution is 14.1. The molecule has 2 aromatic rings. The summed E-state index contributed by atoms with van der Waals surface area (Å²) in [6.45, 7) is 0. The molecule has 1 N–H and O–H groups in total. The predicted molar refractivity (Wildman–Crippen MR) is 77.3 cm³/mol. The van der Waals surface area contributed by atoms with Gasteiger partial charge in [0.25, 0.3) is 0 Å². The molecule has 0 saturated carbocycles. The molecule has 3 heteroatoms. The molecule has 18 heavy (non-hydrogen) atoms. The molecule has 0 fully saturated rings. The van der Waals surface area contributed by atoms with Crippen LogP contribution in [0.25, 0.3) is 0 Å². The van der Waals surface area contributed by atoms with E-state index in [1.165, 1.54) is 0 Å². The molecule has 1 aliphatic rings. The number of Topliss-reactive ketones (excluding diaryl/α,β-unsaturated/α-hetero) is 1. The fraction of sp³-hybridized carbons (Fsp3) is 0.133. The van der Waals surface area contributed by atoms with Gasteiger partial charge in [-0.15, -0.1) is 0 Å². The molecule has 2 aromatic carbocycles. The third-order valence-corrected chi connectivity index (χ3v) is 4.08. The van der Waals surface area contributed by atoms with Crippen LogP contribution in [0, 0.1) is 3.57 Å². The van der Waals surface area contributed by atoms with Crippen LogP contribution in [0.5, 0.6) is 0 Å². The molecule has 0 bridgehead atoms. The first kappa shape index (κ1) is 11.9. The second-order valence-electron chi connectivity index (χ2n) is 4.48. The molecule has 2 nitrogen and oxygen atoms in total. The fourth-order valence-electron chi connectivity index (χ4n) is 2.49. The maximum absolute atomic E-state index is 12.2. The molecule has 0 spiro atoms. The first-order valence-corrected chi connectivity index (χ1v) is 6.80. The number of carbonyl (C=O) groups is 1. The van der Waals surface area contributed by atoms with Crippen LogP contribution in [0.4, 0.5) is 0 Å². The fourth-order valence-corrected chi connectivity index (χ4v) is 2.98. The zero-order chi connectivity index (χ0) is 12.8. The average Bonchev–Trinajstić information content (AvgIpc) is 2.64. The Hall–Kier alpha value is -1.20. The lowest BCUT2D eigenvalue weighted by atomic mass is 9.87. The number of hydrogen-bond acceptors (Lipinski definition) is 2. The van der Waals surface area contributed by atoms with Gasteiger partial charge in [-0.2, -0.15) is 0 Å². The van der Waals surface area contributed by atoms with Gasteiger partial charge >= 0.3 is 0 Å². The van der Waals surface area contributed by atoms with Crippen molar-refractivity contribution in [2.24, 2.45) is 0 Å². The molecule has 0 saturated heterocycles. The quantitative estimate of drug-likeness (QED) is 0.803. The summed E-state index contributed by atoms with van der Waals surface area (Å²) < 4.78 is 1.02. The number of hydrogen-bond donors (Lipinski definition) is 1. The number of fused-ring (bicyclic) bond motifs is 1. The van der Waals surface area contributed by atoms with Crippen LogP contribution in [0.15, 0.2) is 48.5 Å². The Morgan fingerprint density at radius 1 is 1.11 bits per heavy atom. The Bertz CT molecular complexity index is 622. The summed E-state index contributed by atoms with van der Waals surface area (Å²) in [6, 6.07) is 14.9. The molecule has 0 aromatic heterocycles. The first-order valence-electron chi connectivity index (χ1n) is 5.72. The number of ketones is 1. The molecule has 0 amide bonds. The molecule has 1 aliphatic carbocycles. The summed E-state index contributed by atoms with van der Waals surface area (Å²) in [5, 5.41) is 10.9. The van der Waals surface area contributed by atoms with Gasteiger partial charge in [0.05, 0.1) is 0 Å². The minimum Gasteiger partial charge on any atom is -0.373 e. The smallest absolute Gasteiger partial charge is 0.177 e. The van der Waals surface area contributed by atoms with Crippen LogP contribution >= 0.6 is 22.6 Å². The molecule has 0 aliphatic heterocycles. The molecule has 0 heterocycles. The monoisotopic (exact) mass is 350 g/mol. The van der Waals surface area contributed by atoms with E-state index in [0.717, 1.165) is 14.7 Å². The van der Waals surface area contributed by atoms with Crippen LogP contribution in [-0.2, 0) is 16.8 Å². The first-order chi connectivity index (χ1) is 8.62. The van der Waals surface area contributed by atoms with Gasteiger partial charge in [-0.1, -0.05) is 36.4 Å². The maximum atomic E-state index is 12.2. The van der Waals surface area contributed by atoms with Crippen LogP contribution < -0.4 is 0 Å². The third kappa shape index (κ3) is 1.61. The molecular weight excluding hydrogens is 339 g/mol. The van der Waals surface area contributed by atoms with Crippen LogP contribution in [0.2, 0.25) is 0 Å². The maximum Gasteiger partial charge on any atom is 0.177 e. The number of aliphatic hydroxyl groups is 1. The summed E-state index contributed by atoms with van der Waals surface area (Å²) in [4.78, 5) is 12.2. The molecular formula is C15H11IO2. The van der Waals surface area contributed by atoms with Crippen LogP contribution in [-0.4, -0.2) is 10.9 Å². The van der Waals surface area contributed by atoms with Gasteiger partial charge < -0.3 is 5.11 Å². The van der Waals surface area contributed by atoms with E-state index in [4.69, 9.17) is 0 Å². The zero-order valence-electron chi connectivity index (χ0n) is 9.56. The molecule has 3 rings (SSSR count). The van der Waals surface area contributed by atoms with Gasteiger partial charge in [-0.05, 0) is 45.9 Å². The van der Waals surface area contributed by atoms with Gasteiger partial charge in [0, 0.05) is 15.6 Å². The van der Waals surface area contributed by atoms with Gasteiger partial charge in [0.1, 0.15) is 0 Å². The Kier molecular flexibility index (Phi) is 2.75. The highest BCUT2D eigenvalue weighted by Gasteiger charge is 2.45. The Labute approximate surface area is 119 Å². The van der Waals surface area contributed by atoms with E-state index < -0.39 is 5.60 Å². The lowest BCUT2D eigenvalue weighted by molar-refractivity contribution is -0.131. The Morgan fingerprint density at radius 3 is 2.56 bits per heavy atom. The number of halogens is 1. The van der Waals surface area contributed by atoms with E-state index in [9.17, 15) is 9.90 Å². The molecule has 0 radical (unpaired) electrons. The highest BCUT2D eigenvalue weighted by atomic mass is 127. The van der Waals surface area contributed by atoms with Gasteiger partial charge in [-0.25, -0.2) is 0 Å². The van der Waals surface area contributed by atoms with Crippen molar-refractivity contribution in [1.82, 2.24) is 0 Å². The topological polar surface area (TPSA) is 37.3 Å². The van der Waals surface area contributed by atoms with Crippen molar-refractivity contribution < 1.29 is 9.90 Å². The van der Waals surface area contributed by atoms with Gasteiger partial charge in [0.15, 0.2) is 11.4 Å². The lowest BCUT2D eigenvalue weighted by Crippen LogP contribution is -2.33. The summed E-state index contributed by atoms with van der Waals surface area (Å²) >= 11 is 2.19. The second-order valence-corrected chi connectivity index (χ2v) is 5.72. The number of rotatable bonds is 1. The van der Waals surface area contributed by atoms with Crippen molar-refractivity contribution in [2.45, 2.75) is 12.0 Å². The predicted octanol–water partition coefficient (Wildman–Crippen LogP) is 2.65. The number of carbonyl (C=O) groups excluding carboxylic acids is 1. The van der Waals surface area contributed by atoms with Crippen molar-refractivity contribution in [3.05, 3.63) is 68.8 Å². The van der Waals surface area contributed by atoms with Gasteiger partial charge in [-0.3, -0.25) is 4.79 Å². The van der Waals surface area contributed by atoms with Crippen molar-refractivity contribution in [3.8, 4) is 0 Å². The van der Waals surface area contributed by atoms with E-state index >= 15 is 0 Å². The van der Waals surface area contributed by atoms with Crippen molar-refractivity contribution in [3.63, 3.8) is 0 Å². The van der Waals surface area contributed by atoms with E-state index in [-0.39, 0.29) is 5.78 Å². The van der Waals surface area contributed by atoms with E-state index in [2.05, 4.69) is 22.6 Å². The SMILES string of the molecule is O=C1Cc2ccc(I)cc2C1(O)c1ccccc1. The summed E-state index contributed by atoms with van der Waals surface area (Å²) in [7, 11) is 0. The summed E-state index contributed by atoms with van der Waals surface area (Å²) in [5.74, 6) is -0.147. The minimum atomic E-state index is -1.47. The second kappa shape index (κ2) is 4.17. The van der Waals surface area contributed by atoms with Crippen molar-refractivity contribution in [1.29, 1.82) is 0 Å². The molecule has 1 atom stereocenters. The normalized spacial score (nSPS) is 22.0. The Morgan fingerprint density at radius 2 is 1.83 bits per heavy atom. The standard InChI is InChI=1S/C15H11IO2/c16-12-7-6-10-8-14(17)15(18,13(10)9-12)11-4-2-1-3-5-11/h1-7,9,18H,8H2. The number of benzene rings is 2. The highest BCUT2D eigenvalue weighted by Crippen LogP contribution is 2.40. The van der Waals surface area contributed by atoms with E-state index in [1.807, 2.05) is 36.4 Å². The molecule has 1 unspecified atom stereocenters. The summed E-state index contributed by atoms with van der Waals surface area (Å²) in [5.41, 5.74) is 0.825. The van der Waals surface area contributed by atoms with Crippen molar-refractivity contribution >= 4 is 28.4 Å². The van der Waals surface area contributed by atoms with Crippen LogP contribution in [0.3, 0.4) is 0 Å². The zero-order valence-corrected chi connectivity index (χ0v) is 11.7. The molecule has 90 valence electrons. The van der Waals surface area contributed by atoms with Gasteiger partial charge in [0.2, 0.25) is 0 Å². The third-order valence-electron chi connectivity index (χ3n) is 3.41. The largest absolute Gasteiger partial charge is 0.373 e. The minimum absolute atomic E-state index is 0.147. The lowest BCUT2D eigenvalue weighted by Gasteiger charge is -2.23. The van der Waals surface area contributed by atoms with Crippen LogP contribution in [0.1, 0.15) is 16.7 Å². The summed E-state index contributed by atoms with van der Waals surface area (Å²) in [6.07, 6.45) is 0.303. The Balaban J connectivity index is 2.25. The van der Waals surface area contributed by atoms with E-state index in [1.54, 1.807) is 12.1 Å². The average molecular weight is 350 g/mol. The van der Waals surface area contributed by atoms with E-state index in [0.29, 0.717) is 12.0 Å². The van der Waals surface area contributed by atoms with Crippen molar-refractivity contribution in [2.75, 3.05) is 0 Å².